The fourth-order valence-electron chi connectivity index (χ4n) is 3.59. The molecule has 0 radical (unpaired) electrons. The molecule has 3 heterocycles. The topological polar surface area (TPSA) is 40.8 Å². The molecule has 1 saturated heterocycles. The molecule has 0 aromatic carbocycles. The second-order valence-electron chi connectivity index (χ2n) is 7.06. The number of imidazole rings is 1. The molecule has 0 amide bonds. The van der Waals surface area contributed by atoms with E-state index in [1.165, 1.54) is 30.7 Å². The Morgan fingerprint density at radius 3 is 3.10 bits per heavy atom. The minimum Gasteiger partial charge on any atom is -0.396 e. The number of hydrogen-bond acceptors (Lipinski definition) is 4. The van der Waals surface area contributed by atoms with Crippen LogP contribution in [0.3, 0.4) is 0 Å². The third kappa shape index (κ3) is 2.51. The van der Waals surface area contributed by atoms with Crippen LogP contribution >= 0.6 is 11.3 Å². The highest BCUT2D eigenvalue weighted by Crippen LogP contribution is 2.42. The Labute approximate surface area is 129 Å². The molecule has 4 nitrogen and oxygen atoms in total. The van der Waals surface area contributed by atoms with Crippen molar-refractivity contribution in [1.82, 2.24) is 14.3 Å². The van der Waals surface area contributed by atoms with E-state index < -0.39 is 0 Å². The van der Waals surface area contributed by atoms with Crippen molar-refractivity contribution in [1.29, 1.82) is 0 Å². The van der Waals surface area contributed by atoms with Gasteiger partial charge in [0.15, 0.2) is 4.96 Å². The number of rotatable bonds is 4. The predicted octanol–water partition coefficient (Wildman–Crippen LogP) is 2.87. The van der Waals surface area contributed by atoms with Crippen molar-refractivity contribution in [2.24, 2.45) is 5.41 Å². The maximum atomic E-state index is 9.64. The Morgan fingerprint density at radius 1 is 1.48 bits per heavy atom. The summed E-state index contributed by atoms with van der Waals surface area (Å²) in [6.45, 7) is 5.60. The Balaban J connectivity index is 1.61. The third-order valence-electron chi connectivity index (χ3n) is 4.97. The van der Waals surface area contributed by atoms with Crippen molar-refractivity contribution in [2.75, 3.05) is 19.7 Å². The van der Waals surface area contributed by atoms with Crippen LogP contribution in [0.25, 0.3) is 4.96 Å². The lowest BCUT2D eigenvalue weighted by Gasteiger charge is -2.39. The van der Waals surface area contributed by atoms with Crippen molar-refractivity contribution in [2.45, 2.75) is 45.1 Å². The number of piperidine rings is 1. The summed E-state index contributed by atoms with van der Waals surface area (Å²) < 4.78 is 2.28. The second-order valence-corrected chi connectivity index (χ2v) is 7.93. The highest BCUT2D eigenvalue weighted by Gasteiger charge is 2.34. The number of aliphatic hydroxyl groups excluding tert-OH is 1. The molecule has 2 aromatic rings. The van der Waals surface area contributed by atoms with Crippen LogP contribution in [0.15, 0.2) is 11.6 Å². The zero-order chi connectivity index (χ0) is 14.4. The first kappa shape index (κ1) is 13.7. The maximum absolute atomic E-state index is 9.64. The van der Waals surface area contributed by atoms with Crippen LogP contribution in [0, 0.1) is 5.41 Å². The van der Waals surface area contributed by atoms with Gasteiger partial charge in [0.2, 0.25) is 0 Å². The SMILES string of the molecule is C[C@@]1(CO)CCCN(Cc2c(C3CC3)nc3sccn23)C1. The van der Waals surface area contributed by atoms with Crippen molar-refractivity contribution in [3.8, 4) is 0 Å². The molecule has 1 N–H and O–H groups in total. The van der Waals surface area contributed by atoms with Crippen LogP contribution in [0.1, 0.15) is 49.9 Å². The van der Waals surface area contributed by atoms with Crippen LogP contribution in [0.2, 0.25) is 0 Å². The van der Waals surface area contributed by atoms with E-state index >= 15 is 0 Å². The van der Waals surface area contributed by atoms with Crippen LogP contribution in [-0.4, -0.2) is 39.1 Å². The van der Waals surface area contributed by atoms with E-state index in [0.29, 0.717) is 12.5 Å². The summed E-state index contributed by atoms with van der Waals surface area (Å²) in [7, 11) is 0. The molecular weight excluding hydrogens is 282 g/mol. The van der Waals surface area contributed by atoms with E-state index in [1.54, 1.807) is 11.3 Å². The van der Waals surface area contributed by atoms with Crippen molar-refractivity contribution in [3.05, 3.63) is 23.0 Å². The van der Waals surface area contributed by atoms with Gasteiger partial charge in [-0.25, -0.2) is 4.98 Å². The highest BCUT2D eigenvalue weighted by atomic mass is 32.1. The third-order valence-corrected chi connectivity index (χ3v) is 5.73. The highest BCUT2D eigenvalue weighted by molar-refractivity contribution is 7.15. The van der Waals surface area contributed by atoms with Gasteiger partial charge in [-0.05, 0) is 32.2 Å². The fourth-order valence-corrected chi connectivity index (χ4v) is 4.33. The first-order valence-electron chi connectivity index (χ1n) is 7.96. The molecule has 4 rings (SSSR count). The maximum Gasteiger partial charge on any atom is 0.194 e. The summed E-state index contributed by atoms with van der Waals surface area (Å²) in [5, 5.41) is 11.8. The van der Waals surface area contributed by atoms with Crippen molar-refractivity contribution < 1.29 is 5.11 Å². The second kappa shape index (κ2) is 5.07. The fraction of sp³-hybridized carbons (Fsp3) is 0.688. The van der Waals surface area contributed by atoms with Gasteiger partial charge in [0.25, 0.3) is 0 Å². The van der Waals surface area contributed by atoms with E-state index in [0.717, 1.165) is 31.0 Å². The molecule has 2 aromatic heterocycles. The lowest BCUT2D eigenvalue weighted by molar-refractivity contribution is 0.0421. The van der Waals surface area contributed by atoms with Gasteiger partial charge in [0.1, 0.15) is 0 Å². The number of nitrogens with zero attached hydrogens (tertiary/aromatic N) is 3. The van der Waals surface area contributed by atoms with Gasteiger partial charge in [0, 0.05) is 42.6 Å². The molecule has 1 atom stereocenters. The monoisotopic (exact) mass is 305 g/mol. The average Bonchev–Trinajstić information content (AvgIpc) is 3.12. The summed E-state index contributed by atoms with van der Waals surface area (Å²) in [6.07, 6.45) is 7.07. The minimum atomic E-state index is 0.0659. The largest absolute Gasteiger partial charge is 0.396 e. The molecule has 0 bridgehead atoms. The number of likely N-dealkylation sites (tertiary alicyclic amines) is 1. The number of fused-ring (bicyclic) bond motifs is 1. The van der Waals surface area contributed by atoms with Gasteiger partial charge >= 0.3 is 0 Å². The first-order valence-corrected chi connectivity index (χ1v) is 8.84. The molecule has 1 aliphatic heterocycles. The summed E-state index contributed by atoms with van der Waals surface area (Å²) >= 11 is 1.73. The Bertz CT molecular complexity index is 645. The zero-order valence-corrected chi connectivity index (χ0v) is 13.4. The van der Waals surface area contributed by atoms with Gasteiger partial charge < -0.3 is 5.11 Å². The summed E-state index contributed by atoms with van der Waals surface area (Å²) in [6, 6.07) is 0. The van der Waals surface area contributed by atoms with E-state index in [4.69, 9.17) is 4.98 Å². The summed E-state index contributed by atoms with van der Waals surface area (Å²) in [5.74, 6) is 0.695. The Hall–Kier alpha value is -0.910. The van der Waals surface area contributed by atoms with E-state index in [1.807, 2.05) is 0 Å². The van der Waals surface area contributed by atoms with Gasteiger partial charge in [-0.15, -0.1) is 11.3 Å². The smallest absolute Gasteiger partial charge is 0.194 e. The zero-order valence-electron chi connectivity index (χ0n) is 12.6. The normalized spacial score (nSPS) is 27.5. The van der Waals surface area contributed by atoms with Gasteiger partial charge in [0.05, 0.1) is 11.4 Å². The molecule has 1 saturated carbocycles. The first-order chi connectivity index (χ1) is 10.2. The van der Waals surface area contributed by atoms with Crippen LogP contribution in [0.5, 0.6) is 0 Å². The molecule has 21 heavy (non-hydrogen) atoms. The van der Waals surface area contributed by atoms with Crippen LogP contribution < -0.4 is 0 Å². The number of hydrogen-bond donors (Lipinski definition) is 1. The average molecular weight is 305 g/mol. The molecule has 2 fully saturated rings. The molecule has 1 aliphatic carbocycles. The van der Waals surface area contributed by atoms with E-state index in [2.05, 4.69) is 27.8 Å². The summed E-state index contributed by atoms with van der Waals surface area (Å²) in [5.41, 5.74) is 2.78. The lowest BCUT2D eigenvalue weighted by Crippen LogP contribution is -2.43. The molecule has 2 aliphatic rings. The van der Waals surface area contributed by atoms with E-state index in [9.17, 15) is 5.11 Å². The van der Waals surface area contributed by atoms with Crippen molar-refractivity contribution >= 4 is 16.3 Å². The Kier molecular flexibility index (Phi) is 3.32. The number of thiazole rings is 1. The van der Waals surface area contributed by atoms with Gasteiger partial charge in [-0.1, -0.05) is 6.92 Å². The van der Waals surface area contributed by atoms with E-state index in [-0.39, 0.29) is 5.41 Å². The van der Waals surface area contributed by atoms with Gasteiger partial charge in [-0.2, -0.15) is 0 Å². The quantitative estimate of drug-likeness (QED) is 0.944. The molecule has 5 heteroatoms. The van der Waals surface area contributed by atoms with Crippen LogP contribution in [0.4, 0.5) is 0 Å². The number of aliphatic hydroxyl groups is 1. The summed E-state index contributed by atoms with van der Waals surface area (Å²) in [4.78, 5) is 8.50. The van der Waals surface area contributed by atoms with Gasteiger partial charge in [-0.3, -0.25) is 9.30 Å². The predicted molar refractivity (Wildman–Crippen MR) is 84.7 cm³/mol. The molecule has 0 spiro atoms. The lowest BCUT2D eigenvalue weighted by atomic mass is 9.83. The minimum absolute atomic E-state index is 0.0659. The molecule has 114 valence electrons. The molecule has 0 unspecified atom stereocenters. The molecular formula is C16H23N3OS. The number of aromatic nitrogens is 2. The van der Waals surface area contributed by atoms with Crippen LogP contribution in [-0.2, 0) is 6.54 Å². The Morgan fingerprint density at radius 2 is 2.33 bits per heavy atom. The van der Waals surface area contributed by atoms with Crippen molar-refractivity contribution in [3.63, 3.8) is 0 Å². The standard InChI is InChI=1S/C16H23N3OS/c1-16(11-20)5-2-6-18(10-16)9-13-14(12-3-4-12)17-15-19(13)7-8-21-15/h7-8,12,20H,2-6,9-11H2,1H3/t16-/m1/s1.